The molecule has 0 unspecified atom stereocenters. The number of H-pyrrole nitrogens is 2. The van der Waals surface area contributed by atoms with Crippen LogP contribution in [0.25, 0.3) is 41.3 Å². The fourth-order valence-electron chi connectivity index (χ4n) is 5.66. The molecule has 0 radical (unpaired) electrons. The molecular weight excluding hydrogens is 713 g/mol. The lowest BCUT2D eigenvalue weighted by Crippen LogP contribution is -2.40. The molecule has 16 nitrogen and oxygen atoms in total. The van der Waals surface area contributed by atoms with Crippen LogP contribution in [0.4, 0.5) is 9.59 Å². The first-order valence-electron chi connectivity index (χ1n) is 16.5. The summed E-state index contributed by atoms with van der Waals surface area (Å²) < 4.78 is 22.9. The van der Waals surface area contributed by atoms with E-state index in [0.717, 1.165) is 54.2 Å². The van der Waals surface area contributed by atoms with Crippen LogP contribution in [-0.2, 0) is 32.2 Å². The number of aromatic amines is 2. The van der Waals surface area contributed by atoms with Gasteiger partial charge in [0, 0.05) is 23.9 Å². The maximum absolute atomic E-state index is 12.8. The summed E-state index contributed by atoms with van der Waals surface area (Å²) in [6, 6.07) is 4.07. The Balaban J connectivity index is 1.39. The Bertz CT molecular complexity index is 1850. The molecule has 1 aromatic carbocycles. The van der Waals surface area contributed by atoms with Crippen molar-refractivity contribution in [1.82, 2.24) is 40.4 Å². The first-order chi connectivity index (χ1) is 25.1. The minimum Gasteiger partial charge on any atom is -0.495 e. The Labute approximate surface area is 307 Å². The molecule has 4 N–H and O–H groups in total. The zero-order chi connectivity index (χ0) is 37.4. The summed E-state index contributed by atoms with van der Waals surface area (Å²) in [7, 11) is 5.78. The van der Waals surface area contributed by atoms with Crippen molar-refractivity contribution in [2.45, 2.75) is 39.8 Å². The molecule has 0 aliphatic heterocycles. The van der Waals surface area contributed by atoms with Crippen LogP contribution in [0.15, 0.2) is 24.5 Å². The van der Waals surface area contributed by atoms with Crippen molar-refractivity contribution >= 4 is 66.8 Å². The first kappa shape index (κ1) is 37.9. The largest absolute Gasteiger partial charge is 0.495 e. The van der Waals surface area contributed by atoms with Crippen LogP contribution >= 0.6 is 22.7 Å². The lowest BCUT2D eigenvalue weighted by molar-refractivity contribution is -0.131. The Morgan fingerprint density at radius 1 is 0.692 bits per heavy atom. The summed E-state index contributed by atoms with van der Waals surface area (Å²) in [4.78, 5) is 69.4. The van der Waals surface area contributed by atoms with Gasteiger partial charge in [-0.2, -0.15) is 0 Å². The summed E-state index contributed by atoms with van der Waals surface area (Å²) in [5.74, 6) is 2.14. The monoisotopic (exact) mass is 754 g/mol. The number of thiophene rings is 2. The van der Waals surface area contributed by atoms with E-state index in [0.29, 0.717) is 36.2 Å². The van der Waals surface area contributed by atoms with Gasteiger partial charge in [0.15, 0.2) is 0 Å². The van der Waals surface area contributed by atoms with Crippen molar-refractivity contribution in [2.75, 3.05) is 54.6 Å². The molecule has 0 atom stereocenters. The van der Waals surface area contributed by atoms with Crippen LogP contribution in [0.5, 0.6) is 11.5 Å². The standard InChI is InChI=1S/C34H42N8O8S2/c1-7-9-41(27(43)15-37-33(45)49-5)17-25-35-13-21(39-25)23-11-19-29(47-3)32-20(30(48-4)31(19)51-23)12-24(52-32)22-14-36-26(40-22)18-42(10-8-2)28(44)16-38-34(46)50-6/h11-14H,7-10,15-18H2,1-6H3,(H,35,39)(H,36,40)(H,37,45)(H,38,46). The third-order valence-corrected chi connectivity index (χ3v) is 10.4. The average molecular weight is 755 g/mol. The molecule has 278 valence electrons. The molecular formula is C34H42N8O8S2. The highest BCUT2D eigenvalue weighted by Gasteiger charge is 2.24. The van der Waals surface area contributed by atoms with Gasteiger partial charge in [-0.1, -0.05) is 13.8 Å². The number of imidazole rings is 2. The zero-order valence-corrected chi connectivity index (χ0v) is 31.5. The number of fused-ring (bicyclic) bond motifs is 2. The minimum absolute atomic E-state index is 0.174. The van der Waals surface area contributed by atoms with Gasteiger partial charge in [-0.15, -0.1) is 22.7 Å². The minimum atomic E-state index is -0.667. The topological polar surface area (TPSA) is 193 Å². The van der Waals surface area contributed by atoms with E-state index in [1.54, 1.807) is 36.4 Å². The predicted octanol–water partition coefficient (Wildman–Crippen LogP) is 5.10. The maximum atomic E-state index is 12.8. The van der Waals surface area contributed by atoms with Crippen molar-refractivity contribution in [3.05, 3.63) is 36.2 Å². The SMILES string of the molecule is CCCN(Cc1ncc(-c2cc3c(OC)c4sc(-c5cnc(CN(CCC)C(=O)CNC(=O)OC)[nH]5)cc4c(OC)c3s2)[nH]1)C(=O)CNC(=O)OC. The second-order valence-electron chi connectivity index (χ2n) is 11.6. The lowest BCUT2D eigenvalue weighted by Gasteiger charge is -2.21. The molecule has 0 saturated heterocycles. The van der Waals surface area contributed by atoms with Crippen LogP contribution in [0.1, 0.15) is 38.3 Å². The number of benzene rings is 1. The van der Waals surface area contributed by atoms with Crippen LogP contribution in [0.2, 0.25) is 0 Å². The summed E-state index contributed by atoms with van der Waals surface area (Å²) >= 11 is 3.07. The van der Waals surface area contributed by atoms with Crippen LogP contribution in [-0.4, -0.2) is 108 Å². The van der Waals surface area contributed by atoms with Gasteiger partial charge in [0.1, 0.15) is 36.2 Å². The molecule has 0 spiro atoms. The summed E-state index contributed by atoms with van der Waals surface area (Å²) in [6.45, 7) is 5.10. The van der Waals surface area contributed by atoms with Gasteiger partial charge in [0.25, 0.3) is 0 Å². The van der Waals surface area contributed by atoms with Crippen molar-refractivity contribution in [1.29, 1.82) is 0 Å². The molecule has 4 heterocycles. The number of rotatable bonds is 16. The highest BCUT2D eigenvalue weighted by atomic mass is 32.1. The number of nitrogens with one attached hydrogen (secondary N) is 4. The van der Waals surface area contributed by atoms with E-state index >= 15 is 0 Å². The number of hydrogen-bond acceptors (Lipinski definition) is 12. The van der Waals surface area contributed by atoms with E-state index < -0.39 is 12.2 Å². The zero-order valence-electron chi connectivity index (χ0n) is 29.8. The van der Waals surface area contributed by atoms with Gasteiger partial charge in [-0.3, -0.25) is 9.59 Å². The third kappa shape index (κ3) is 8.39. The summed E-state index contributed by atoms with van der Waals surface area (Å²) in [6.07, 6.45) is 3.62. The predicted molar refractivity (Wildman–Crippen MR) is 198 cm³/mol. The Hall–Kier alpha value is -5.36. The molecule has 5 aromatic rings. The third-order valence-electron chi connectivity index (χ3n) is 8.07. The number of ether oxygens (including phenoxy) is 4. The number of methoxy groups -OCH3 is 4. The Morgan fingerprint density at radius 3 is 1.44 bits per heavy atom. The Kier molecular flexibility index (Phi) is 12.6. The molecule has 0 bridgehead atoms. The smallest absolute Gasteiger partial charge is 0.407 e. The number of carbonyl (C=O) groups is 4. The van der Waals surface area contributed by atoms with Crippen LogP contribution in [0, 0.1) is 0 Å². The summed E-state index contributed by atoms with van der Waals surface area (Å²) in [5, 5.41) is 6.64. The molecule has 4 aromatic heterocycles. The molecule has 0 aliphatic carbocycles. The van der Waals surface area contributed by atoms with Gasteiger partial charge in [-0.05, 0) is 25.0 Å². The highest BCUT2D eigenvalue weighted by Crippen LogP contribution is 2.51. The van der Waals surface area contributed by atoms with E-state index in [2.05, 4.69) is 40.0 Å². The quantitative estimate of drug-likeness (QED) is 0.105. The van der Waals surface area contributed by atoms with Crippen molar-refractivity contribution in [3.63, 3.8) is 0 Å². The number of amides is 4. The average Bonchev–Trinajstić information content (AvgIpc) is 3.97. The summed E-state index contributed by atoms with van der Waals surface area (Å²) in [5.41, 5.74) is 1.56. The number of aromatic nitrogens is 4. The highest BCUT2D eigenvalue weighted by molar-refractivity contribution is 7.24. The van der Waals surface area contributed by atoms with Gasteiger partial charge >= 0.3 is 12.2 Å². The molecule has 18 heteroatoms. The number of nitrogens with zero attached hydrogens (tertiary/aromatic N) is 4. The first-order valence-corrected chi connectivity index (χ1v) is 18.2. The number of hydrogen-bond donors (Lipinski definition) is 4. The van der Waals surface area contributed by atoms with Crippen LogP contribution in [0.3, 0.4) is 0 Å². The molecule has 5 rings (SSSR count). The fourth-order valence-corrected chi connectivity index (χ4v) is 7.97. The van der Waals surface area contributed by atoms with E-state index in [1.807, 2.05) is 26.0 Å². The second kappa shape index (κ2) is 17.2. The molecule has 52 heavy (non-hydrogen) atoms. The van der Waals surface area contributed by atoms with Crippen LogP contribution < -0.4 is 20.1 Å². The lowest BCUT2D eigenvalue weighted by atomic mass is 10.1. The molecule has 4 amide bonds. The van der Waals surface area contributed by atoms with E-state index in [1.165, 1.54) is 36.9 Å². The normalized spacial score (nSPS) is 11.0. The van der Waals surface area contributed by atoms with Gasteiger partial charge < -0.3 is 49.3 Å². The van der Waals surface area contributed by atoms with E-state index in [-0.39, 0.29) is 38.0 Å². The molecule has 0 saturated carbocycles. The van der Waals surface area contributed by atoms with Gasteiger partial charge in [-0.25, -0.2) is 19.6 Å². The second-order valence-corrected chi connectivity index (χ2v) is 13.7. The fraction of sp³-hybridized carbons (Fsp3) is 0.412. The molecule has 0 fully saturated rings. The number of carbonyl (C=O) groups excluding carboxylic acids is 4. The van der Waals surface area contributed by atoms with E-state index in [9.17, 15) is 19.2 Å². The van der Waals surface area contributed by atoms with Gasteiger partial charge in [0.2, 0.25) is 11.8 Å². The Morgan fingerprint density at radius 2 is 1.10 bits per heavy atom. The number of alkyl carbamates (subject to hydrolysis) is 2. The van der Waals surface area contributed by atoms with Crippen molar-refractivity contribution < 1.29 is 38.1 Å². The van der Waals surface area contributed by atoms with Crippen molar-refractivity contribution in [2.24, 2.45) is 0 Å². The van der Waals surface area contributed by atoms with E-state index in [4.69, 9.17) is 9.47 Å². The maximum Gasteiger partial charge on any atom is 0.407 e. The van der Waals surface area contributed by atoms with Crippen molar-refractivity contribution in [3.8, 4) is 32.6 Å². The molecule has 0 aliphatic rings. The van der Waals surface area contributed by atoms with Gasteiger partial charge in [0.05, 0.1) is 84.5 Å².